The predicted molar refractivity (Wildman–Crippen MR) is 112 cm³/mol. The van der Waals surface area contributed by atoms with Gasteiger partial charge in [-0.15, -0.1) is 0 Å². The third-order valence-corrected chi connectivity index (χ3v) is 7.97. The standard InChI is InChI=1S/C21H21ClF3N3O2S/c1-14-6-7-16(22)12-19(14)31(29,30)27-10-8-15(9-11-27)13-28-18-5-3-2-4-17(18)26-20(28)21(23,24)25/h2-7,12,15H,8-11,13H2,1H3. The van der Waals surface area contributed by atoms with Crippen molar-refractivity contribution in [2.75, 3.05) is 13.1 Å². The van der Waals surface area contributed by atoms with Crippen molar-refractivity contribution in [2.45, 2.75) is 37.4 Å². The molecule has 10 heteroatoms. The van der Waals surface area contributed by atoms with E-state index in [1.807, 2.05) is 0 Å². The van der Waals surface area contributed by atoms with E-state index in [0.29, 0.717) is 34.5 Å². The Hall–Kier alpha value is -2.10. The van der Waals surface area contributed by atoms with Crippen molar-refractivity contribution in [2.24, 2.45) is 5.92 Å². The van der Waals surface area contributed by atoms with E-state index in [-0.39, 0.29) is 30.4 Å². The van der Waals surface area contributed by atoms with E-state index in [0.717, 1.165) is 0 Å². The van der Waals surface area contributed by atoms with Crippen LogP contribution in [0, 0.1) is 12.8 Å². The number of hydrogen-bond donors (Lipinski definition) is 0. The van der Waals surface area contributed by atoms with Gasteiger partial charge < -0.3 is 4.57 Å². The number of piperidine rings is 1. The van der Waals surface area contributed by atoms with Crippen molar-refractivity contribution in [3.8, 4) is 0 Å². The number of halogens is 4. The van der Waals surface area contributed by atoms with Crippen molar-refractivity contribution >= 4 is 32.7 Å². The lowest BCUT2D eigenvalue weighted by Crippen LogP contribution is -2.39. The summed E-state index contributed by atoms with van der Waals surface area (Å²) in [7, 11) is -3.72. The van der Waals surface area contributed by atoms with Gasteiger partial charge in [-0.05, 0) is 55.5 Å². The maximum atomic E-state index is 13.5. The zero-order valence-corrected chi connectivity index (χ0v) is 18.3. The number of hydrogen-bond acceptors (Lipinski definition) is 3. The van der Waals surface area contributed by atoms with Crippen molar-refractivity contribution in [1.29, 1.82) is 0 Å². The van der Waals surface area contributed by atoms with Gasteiger partial charge in [0.15, 0.2) is 0 Å². The van der Waals surface area contributed by atoms with E-state index in [1.165, 1.54) is 14.9 Å². The lowest BCUT2D eigenvalue weighted by atomic mass is 9.98. The minimum atomic E-state index is -4.56. The number of rotatable bonds is 4. The van der Waals surface area contributed by atoms with Crippen molar-refractivity contribution in [3.63, 3.8) is 0 Å². The van der Waals surface area contributed by atoms with Crippen LogP contribution in [0.1, 0.15) is 24.2 Å². The van der Waals surface area contributed by atoms with Crippen LogP contribution in [-0.4, -0.2) is 35.4 Å². The van der Waals surface area contributed by atoms with E-state index in [4.69, 9.17) is 11.6 Å². The highest BCUT2D eigenvalue weighted by Gasteiger charge is 2.38. The molecule has 0 atom stereocenters. The summed E-state index contributed by atoms with van der Waals surface area (Å²) in [6.07, 6.45) is -3.64. The second-order valence-corrected chi connectivity index (χ2v) is 10.1. The van der Waals surface area contributed by atoms with Crippen LogP contribution >= 0.6 is 11.6 Å². The Labute approximate surface area is 183 Å². The predicted octanol–water partition coefficient (Wildman–Crippen LogP) is 5.12. The second-order valence-electron chi connectivity index (χ2n) is 7.79. The number of imidazole rings is 1. The third-order valence-electron chi connectivity index (χ3n) is 5.69. The molecule has 2 aromatic carbocycles. The summed E-state index contributed by atoms with van der Waals surface area (Å²) in [4.78, 5) is 3.95. The summed E-state index contributed by atoms with van der Waals surface area (Å²) < 4.78 is 69.3. The smallest absolute Gasteiger partial charge is 0.320 e. The van der Waals surface area contributed by atoms with Crippen LogP contribution in [0.4, 0.5) is 13.2 Å². The van der Waals surface area contributed by atoms with Gasteiger partial charge in [-0.3, -0.25) is 0 Å². The molecule has 0 N–H and O–H groups in total. The average molecular weight is 472 g/mol. The fourth-order valence-corrected chi connectivity index (χ4v) is 6.02. The van der Waals surface area contributed by atoms with Gasteiger partial charge in [-0.2, -0.15) is 17.5 Å². The molecule has 2 heterocycles. The molecule has 0 amide bonds. The Balaban J connectivity index is 1.54. The van der Waals surface area contributed by atoms with Crippen LogP contribution in [0.5, 0.6) is 0 Å². The molecular weight excluding hydrogens is 451 g/mol. The molecule has 5 nitrogen and oxygen atoms in total. The van der Waals surface area contributed by atoms with Gasteiger partial charge in [0, 0.05) is 24.7 Å². The summed E-state index contributed by atoms with van der Waals surface area (Å²) >= 11 is 5.98. The van der Waals surface area contributed by atoms with Gasteiger partial charge in [0.25, 0.3) is 0 Å². The summed E-state index contributed by atoms with van der Waals surface area (Å²) in [6.45, 7) is 2.33. The fourth-order valence-electron chi connectivity index (χ4n) is 4.06. The topological polar surface area (TPSA) is 55.2 Å². The van der Waals surface area contributed by atoms with Gasteiger partial charge in [-0.1, -0.05) is 29.8 Å². The van der Waals surface area contributed by atoms with E-state index in [1.54, 1.807) is 43.3 Å². The van der Waals surface area contributed by atoms with Gasteiger partial charge in [0.2, 0.25) is 15.8 Å². The molecule has 0 bridgehead atoms. The SMILES string of the molecule is Cc1ccc(Cl)cc1S(=O)(=O)N1CCC(Cn2c(C(F)(F)F)nc3ccccc32)CC1. The Morgan fingerprint density at radius 3 is 2.48 bits per heavy atom. The van der Waals surface area contributed by atoms with Crippen LogP contribution in [0.3, 0.4) is 0 Å². The Morgan fingerprint density at radius 1 is 1.13 bits per heavy atom. The Morgan fingerprint density at radius 2 is 1.81 bits per heavy atom. The fraction of sp³-hybridized carbons (Fsp3) is 0.381. The number of sulfonamides is 1. The number of nitrogens with zero attached hydrogens (tertiary/aromatic N) is 3. The first-order chi connectivity index (χ1) is 14.6. The van der Waals surface area contributed by atoms with Crippen LogP contribution in [0.15, 0.2) is 47.4 Å². The van der Waals surface area contributed by atoms with Gasteiger partial charge >= 0.3 is 6.18 Å². The molecule has 31 heavy (non-hydrogen) atoms. The summed E-state index contributed by atoms with van der Waals surface area (Å²) in [5, 5.41) is 0.339. The average Bonchev–Trinajstić information content (AvgIpc) is 3.09. The Kier molecular flexibility index (Phi) is 5.78. The molecule has 4 rings (SSSR count). The van der Waals surface area contributed by atoms with E-state index >= 15 is 0 Å². The molecule has 3 aromatic rings. The van der Waals surface area contributed by atoms with Crippen LogP contribution in [-0.2, 0) is 22.7 Å². The molecule has 0 spiro atoms. The zero-order chi connectivity index (χ0) is 22.4. The van der Waals surface area contributed by atoms with Crippen molar-refractivity contribution in [1.82, 2.24) is 13.9 Å². The quantitative estimate of drug-likeness (QED) is 0.531. The van der Waals surface area contributed by atoms with Crippen LogP contribution in [0.2, 0.25) is 5.02 Å². The lowest BCUT2D eigenvalue weighted by Gasteiger charge is -2.32. The second kappa shape index (κ2) is 8.11. The number of aryl methyl sites for hydroxylation is 1. The maximum Gasteiger partial charge on any atom is 0.449 e. The molecule has 0 saturated carbocycles. The molecule has 1 aliphatic heterocycles. The van der Waals surface area contributed by atoms with Crippen LogP contribution < -0.4 is 0 Å². The monoisotopic (exact) mass is 471 g/mol. The molecule has 1 saturated heterocycles. The molecule has 0 unspecified atom stereocenters. The minimum Gasteiger partial charge on any atom is -0.320 e. The van der Waals surface area contributed by atoms with Crippen molar-refractivity contribution in [3.05, 3.63) is 58.9 Å². The van der Waals surface area contributed by atoms with Gasteiger partial charge in [-0.25, -0.2) is 13.4 Å². The van der Waals surface area contributed by atoms with Crippen LogP contribution in [0.25, 0.3) is 11.0 Å². The number of aromatic nitrogens is 2. The summed E-state index contributed by atoms with van der Waals surface area (Å²) in [6, 6.07) is 11.2. The first-order valence-corrected chi connectivity index (χ1v) is 11.7. The molecular formula is C21H21ClF3N3O2S. The van der Waals surface area contributed by atoms with Crippen molar-refractivity contribution < 1.29 is 21.6 Å². The highest BCUT2D eigenvalue weighted by Crippen LogP contribution is 2.34. The molecule has 1 fully saturated rings. The number of benzene rings is 2. The summed E-state index contributed by atoms with van der Waals surface area (Å²) in [5.41, 5.74) is 1.33. The van der Waals surface area contributed by atoms with E-state index < -0.39 is 22.0 Å². The highest BCUT2D eigenvalue weighted by molar-refractivity contribution is 7.89. The zero-order valence-electron chi connectivity index (χ0n) is 16.7. The maximum absolute atomic E-state index is 13.5. The molecule has 166 valence electrons. The first kappa shape index (κ1) is 22.1. The lowest BCUT2D eigenvalue weighted by molar-refractivity contribution is -0.147. The summed E-state index contributed by atoms with van der Waals surface area (Å²) in [5.74, 6) is -1.01. The minimum absolute atomic E-state index is 0.0920. The van der Waals surface area contributed by atoms with E-state index in [2.05, 4.69) is 4.98 Å². The van der Waals surface area contributed by atoms with Gasteiger partial charge in [0.1, 0.15) is 0 Å². The number of para-hydroxylation sites is 2. The molecule has 0 aliphatic carbocycles. The largest absolute Gasteiger partial charge is 0.449 e. The van der Waals surface area contributed by atoms with E-state index in [9.17, 15) is 21.6 Å². The number of fused-ring (bicyclic) bond motifs is 1. The highest BCUT2D eigenvalue weighted by atomic mass is 35.5. The Bertz CT molecular complexity index is 1220. The molecule has 0 radical (unpaired) electrons. The number of alkyl halides is 3. The first-order valence-electron chi connectivity index (χ1n) is 9.86. The third kappa shape index (κ3) is 4.31. The normalized spacial score (nSPS) is 16.8. The molecule has 1 aliphatic rings. The van der Waals surface area contributed by atoms with Gasteiger partial charge in [0.05, 0.1) is 15.9 Å². The molecule has 1 aromatic heterocycles.